The Morgan fingerprint density at radius 3 is 2.50 bits per heavy atom. The first-order valence-electron chi connectivity index (χ1n) is 8.45. The van der Waals surface area contributed by atoms with Gasteiger partial charge in [0.1, 0.15) is 18.4 Å². The maximum Gasteiger partial charge on any atom is 0.320 e. The van der Waals surface area contributed by atoms with Crippen LogP contribution in [0.2, 0.25) is 0 Å². The maximum atomic E-state index is 11.4. The number of likely N-dealkylation sites (tertiary alicyclic amines) is 1. The highest BCUT2D eigenvalue weighted by Crippen LogP contribution is 2.21. The van der Waals surface area contributed by atoms with Crippen molar-refractivity contribution in [2.75, 3.05) is 6.54 Å². The highest BCUT2D eigenvalue weighted by molar-refractivity contribution is 5.73. The summed E-state index contributed by atoms with van der Waals surface area (Å²) in [4.78, 5) is 13.4. The predicted octanol–water partition coefficient (Wildman–Crippen LogP) is 3.70. The Balaban J connectivity index is 1.57. The number of ether oxygens (including phenoxy) is 1. The molecule has 1 aliphatic rings. The minimum atomic E-state index is -0.711. The van der Waals surface area contributed by atoms with Crippen LogP contribution in [0, 0.1) is 0 Å². The van der Waals surface area contributed by atoms with Crippen LogP contribution in [0.5, 0.6) is 5.75 Å². The van der Waals surface area contributed by atoms with Crippen molar-refractivity contribution in [3.05, 3.63) is 65.7 Å². The van der Waals surface area contributed by atoms with E-state index in [1.807, 2.05) is 54.6 Å². The summed E-state index contributed by atoms with van der Waals surface area (Å²) in [5.74, 6) is 0.119. The van der Waals surface area contributed by atoms with E-state index in [-0.39, 0.29) is 6.04 Å². The number of carbonyl (C=O) groups is 1. The third kappa shape index (κ3) is 4.36. The zero-order valence-electron chi connectivity index (χ0n) is 13.7. The number of piperidine rings is 1. The molecule has 1 saturated heterocycles. The van der Waals surface area contributed by atoms with E-state index in [0.717, 1.165) is 42.7 Å². The zero-order valence-corrected chi connectivity index (χ0v) is 13.7. The van der Waals surface area contributed by atoms with Gasteiger partial charge in [-0.1, -0.05) is 48.9 Å². The topological polar surface area (TPSA) is 49.8 Å². The van der Waals surface area contributed by atoms with Gasteiger partial charge in [0.2, 0.25) is 0 Å². The molecule has 1 unspecified atom stereocenters. The summed E-state index contributed by atoms with van der Waals surface area (Å²) in [6, 6.07) is 17.7. The molecule has 1 heterocycles. The fourth-order valence-electron chi connectivity index (χ4n) is 3.13. The van der Waals surface area contributed by atoms with Crippen LogP contribution in [0.25, 0.3) is 0 Å². The molecule has 0 spiro atoms. The van der Waals surface area contributed by atoms with E-state index in [1.165, 1.54) is 0 Å². The third-order valence-electron chi connectivity index (χ3n) is 4.46. The lowest BCUT2D eigenvalue weighted by molar-refractivity contribution is -0.144. The molecule has 1 atom stereocenters. The Hall–Kier alpha value is -2.33. The predicted molar refractivity (Wildman–Crippen MR) is 92.9 cm³/mol. The number of benzene rings is 2. The van der Waals surface area contributed by atoms with Crippen molar-refractivity contribution in [1.82, 2.24) is 4.90 Å². The average Bonchev–Trinajstić information content (AvgIpc) is 2.62. The van der Waals surface area contributed by atoms with E-state index in [1.54, 1.807) is 0 Å². The molecule has 4 heteroatoms. The van der Waals surface area contributed by atoms with E-state index in [9.17, 15) is 9.90 Å². The standard InChI is InChI=1S/C20H23NO3/c22-20(23)19-8-4-5-13-21(19)14-16-9-11-18(12-10-16)24-15-17-6-2-1-3-7-17/h1-3,6-7,9-12,19H,4-5,8,13-15H2,(H,22,23). The van der Waals surface area contributed by atoms with Gasteiger partial charge < -0.3 is 9.84 Å². The summed E-state index contributed by atoms with van der Waals surface area (Å²) in [6.45, 7) is 2.08. The van der Waals surface area contributed by atoms with Gasteiger partial charge in [0, 0.05) is 6.54 Å². The molecular formula is C20H23NO3. The lowest BCUT2D eigenvalue weighted by Crippen LogP contribution is -2.43. The summed E-state index contributed by atoms with van der Waals surface area (Å²) in [5.41, 5.74) is 2.26. The molecule has 3 rings (SSSR count). The third-order valence-corrected chi connectivity index (χ3v) is 4.46. The molecule has 0 aromatic heterocycles. The Morgan fingerprint density at radius 1 is 1.04 bits per heavy atom. The molecule has 0 aliphatic carbocycles. The van der Waals surface area contributed by atoms with Gasteiger partial charge in [-0.15, -0.1) is 0 Å². The first kappa shape index (κ1) is 16.5. The summed E-state index contributed by atoms with van der Waals surface area (Å²) in [7, 11) is 0. The monoisotopic (exact) mass is 325 g/mol. The SMILES string of the molecule is O=C(O)C1CCCCN1Cc1ccc(OCc2ccccc2)cc1. The number of nitrogens with zero attached hydrogens (tertiary/aromatic N) is 1. The maximum absolute atomic E-state index is 11.4. The second kappa shape index (κ2) is 7.97. The molecule has 1 N–H and O–H groups in total. The van der Waals surface area contributed by atoms with Gasteiger partial charge >= 0.3 is 5.97 Å². The first-order chi connectivity index (χ1) is 11.7. The number of rotatable bonds is 6. The summed E-state index contributed by atoms with van der Waals surface area (Å²) >= 11 is 0. The molecule has 1 fully saturated rings. The fraction of sp³-hybridized carbons (Fsp3) is 0.350. The molecule has 0 amide bonds. The summed E-state index contributed by atoms with van der Waals surface area (Å²) in [6.07, 6.45) is 2.81. The Kier molecular flexibility index (Phi) is 5.49. The highest BCUT2D eigenvalue weighted by Gasteiger charge is 2.28. The fourth-order valence-corrected chi connectivity index (χ4v) is 3.13. The zero-order chi connectivity index (χ0) is 16.8. The first-order valence-corrected chi connectivity index (χ1v) is 8.45. The van der Waals surface area contributed by atoms with Crippen LogP contribution in [-0.2, 0) is 17.9 Å². The largest absolute Gasteiger partial charge is 0.489 e. The van der Waals surface area contributed by atoms with E-state index in [4.69, 9.17) is 4.74 Å². The van der Waals surface area contributed by atoms with Crippen LogP contribution in [0.15, 0.2) is 54.6 Å². The van der Waals surface area contributed by atoms with Crippen molar-refractivity contribution < 1.29 is 14.6 Å². The van der Waals surface area contributed by atoms with Gasteiger partial charge in [0.15, 0.2) is 0 Å². The molecule has 2 aromatic rings. The van der Waals surface area contributed by atoms with Crippen molar-refractivity contribution in [2.45, 2.75) is 38.5 Å². The van der Waals surface area contributed by atoms with Gasteiger partial charge in [0.05, 0.1) is 0 Å². The van der Waals surface area contributed by atoms with E-state index >= 15 is 0 Å². The van der Waals surface area contributed by atoms with E-state index < -0.39 is 5.97 Å². The molecule has 126 valence electrons. The number of hydrogen-bond acceptors (Lipinski definition) is 3. The molecule has 2 aromatic carbocycles. The summed E-state index contributed by atoms with van der Waals surface area (Å²) < 4.78 is 5.79. The molecule has 24 heavy (non-hydrogen) atoms. The van der Waals surface area contributed by atoms with E-state index in [0.29, 0.717) is 13.2 Å². The number of carboxylic acids is 1. The lowest BCUT2D eigenvalue weighted by atomic mass is 10.0. The second-order valence-electron chi connectivity index (χ2n) is 6.24. The van der Waals surface area contributed by atoms with Crippen molar-refractivity contribution in [2.24, 2.45) is 0 Å². The van der Waals surface area contributed by atoms with Gasteiger partial charge in [-0.25, -0.2) is 0 Å². The van der Waals surface area contributed by atoms with Gasteiger partial charge in [-0.2, -0.15) is 0 Å². The van der Waals surface area contributed by atoms with Crippen LogP contribution >= 0.6 is 0 Å². The van der Waals surface area contributed by atoms with E-state index in [2.05, 4.69) is 4.90 Å². The van der Waals surface area contributed by atoms with Crippen LogP contribution in [0.4, 0.5) is 0 Å². The van der Waals surface area contributed by atoms with Crippen LogP contribution in [-0.4, -0.2) is 28.6 Å². The van der Waals surface area contributed by atoms with Crippen LogP contribution in [0.1, 0.15) is 30.4 Å². The number of aliphatic carboxylic acids is 1. The highest BCUT2D eigenvalue weighted by atomic mass is 16.5. The molecule has 0 saturated carbocycles. The van der Waals surface area contributed by atoms with Crippen LogP contribution in [0.3, 0.4) is 0 Å². The average molecular weight is 325 g/mol. The molecule has 1 aliphatic heterocycles. The Morgan fingerprint density at radius 2 is 1.79 bits per heavy atom. The van der Waals surface area contributed by atoms with Crippen molar-refractivity contribution >= 4 is 5.97 Å². The minimum Gasteiger partial charge on any atom is -0.489 e. The quantitative estimate of drug-likeness (QED) is 0.880. The normalized spacial score (nSPS) is 18.2. The smallest absolute Gasteiger partial charge is 0.320 e. The van der Waals surface area contributed by atoms with Crippen molar-refractivity contribution in [1.29, 1.82) is 0 Å². The Bertz CT molecular complexity index is 654. The molecule has 0 radical (unpaired) electrons. The number of hydrogen-bond donors (Lipinski definition) is 1. The molecular weight excluding hydrogens is 302 g/mol. The van der Waals surface area contributed by atoms with Gasteiger partial charge in [-0.3, -0.25) is 9.69 Å². The van der Waals surface area contributed by atoms with Gasteiger partial charge in [-0.05, 0) is 42.6 Å². The van der Waals surface area contributed by atoms with Crippen molar-refractivity contribution in [3.63, 3.8) is 0 Å². The molecule has 4 nitrogen and oxygen atoms in total. The minimum absolute atomic E-state index is 0.354. The van der Waals surface area contributed by atoms with Gasteiger partial charge in [0.25, 0.3) is 0 Å². The summed E-state index contributed by atoms with van der Waals surface area (Å²) in [5, 5.41) is 9.35. The Labute approximate surface area is 142 Å². The second-order valence-corrected chi connectivity index (χ2v) is 6.24. The van der Waals surface area contributed by atoms with Crippen molar-refractivity contribution in [3.8, 4) is 5.75 Å². The lowest BCUT2D eigenvalue weighted by Gasteiger charge is -2.32. The van der Waals surface area contributed by atoms with Crippen LogP contribution < -0.4 is 4.74 Å². The number of carboxylic acid groups (broad SMARTS) is 1. The molecule has 0 bridgehead atoms.